The van der Waals surface area contributed by atoms with Crippen molar-refractivity contribution in [1.82, 2.24) is 4.98 Å². The predicted octanol–water partition coefficient (Wildman–Crippen LogP) is 6.20. The second-order valence-corrected chi connectivity index (χ2v) is 13.2. The molecule has 2 atom stereocenters. The molecule has 6 nitrogen and oxygen atoms in total. The molecular formula is C28H35N3O3S2. The Kier molecular flexibility index (Phi) is 8.11. The number of methoxy groups -OCH3 is 1. The number of fused-ring (bicyclic) bond motifs is 2. The molecule has 0 aliphatic heterocycles. The number of rotatable bonds is 6. The lowest BCUT2D eigenvalue weighted by Crippen LogP contribution is -2.26. The number of amides is 1. The lowest BCUT2D eigenvalue weighted by Gasteiger charge is -2.33. The summed E-state index contributed by atoms with van der Waals surface area (Å²) in [7, 11) is 1.38. The molecule has 0 radical (unpaired) electrons. The lowest BCUT2D eigenvalue weighted by molar-refractivity contribution is -0.115. The van der Waals surface area contributed by atoms with Gasteiger partial charge in [-0.15, -0.1) is 23.1 Å². The van der Waals surface area contributed by atoms with Crippen molar-refractivity contribution in [3.8, 4) is 6.07 Å². The van der Waals surface area contributed by atoms with E-state index in [-0.39, 0.29) is 17.7 Å². The Hall–Kier alpha value is -2.37. The van der Waals surface area contributed by atoms with E-state index >= 15 is 0 Å². The third kappa shape index (κ3) is 5.78. The molecule has 2 aliphatic carbocycles. The van der Waals surface area contributed by atoms with E-state index in [4.69, 9.17) is 9.72 Å². The van der Waals surface area contributed by atoms with E-state index in [9.17, 15) is 14.9 Å². The number of anilines is 1. The molecule has 0 bridgehead atoms. The Labute approximate surface area is 222 Å². The molecule has 0 saturated carbocycles. The van der Waals surface area contributed by atoms with Crippen LogP contribution in [0, 0.1) is 28.6 Å². The minimum atomic E-state index is -0.391. The number of nitrogens with one attached hydrogen (secondary N) is 1. The first-order valence-corrected chi connectivity index (χ1v) is 14.5. The van der Waals surface area contributed by atoms with Gasteiger partial charge in [0.05, 0.1) is 18.2 Å². The van der Waals surface area contributed by atoms with E-state index in [1.165, 1.54) is 40.6 Å². The number of nitrogens with zero attached hydrogens (tertiary/aromatic N) is 2. The third-order valence-corrected chi connectivity index (χ3v) is 9.58. The van der Waals surface area contributed by atoms with Crippen molar-refractivity contribution in [3.63, 3.8) is 0 Å². The van der Waals surface area contributed by atoms with Crippen LogP contribution in [0.3, 0.4) is 0 Å². The van der Waals surface area contributed by atoms with Crippen molar-refractivity contribution in [3.05, 3.63) is 38.9 Å². The Morgan fingerprint density at radius 3 is 2.75 bits per heavy atom. The quantitative estimate of drug-likeness (QED) is 0.357. The van der Waals surface area contributed by atoms with Gasteiger partial charge in [0, 0.05) is 22.7 Å². The van der Waals surface area contributed by atoms with Crippen LogP contribution >= 0.6 is 23.1 Å². The molecule has 192 valence electrons. The fourth-order valence-corrected chi connectivity index (χ4v) is 7.43. The number of aryl methyl sites for hydroxylation is 1. The van der Waals surface area contributed by atoms with Gasteiger partial charge in [-0.3, -0.25) is 4.79 Å². The molecule has 0 spiro atoms. The normalized spacial score (nSPS) is 19.1. The van der Waals surface area contributed by atoms with Crippen LogP contribution in [0.1, 0.15) is 84.6 Å². The van der Waals surface area contributed by atoms with Crippen LogP contribution < -0.4 is 5.32 Å². The van der Waals surface area contributed by atoms with E-state index in [0.29, 0.717) is 38.7 Å². The first kappa shape index (κ1) is 26.7. The smallest absolute Gasteiger partial charge is 0.341 e. The summed E-state index contributed by atoms with van der Waals surface area (Å²) in [6, 6.07) is 4.25. The molecule has 2 unspecified atom stereocenters. The summed E-state index contributed by atoms with van der Waals surface area (Å²) < 4.78 is 5.07. The molecule has 2 heterocycles. The van der Waals surface area contributed by atoms with Crippen molar-refractivity contribution in [2.45, 2.75) is 77.7 Å². The Bertz CT molecular complexity index is 1210. The average molecular weight is 526 g/mol. The van der Waals surface area contributed by atoms with Gasteiger partial charge in [-0.25, -0.2) is 9.78 Å². The molecule has 4 rings (SSSR count). The number of nitriles is 1. The number of thiophene rings is 1. The van der Waals surface area contributed by atoms with E-state index in [2.05, 4.69) is 39.1 Å². The van der Waals surface area contributed by atoms with Gasteiger partial charge in [0.2, 0.25) is 5.91 Å². The maximum Gasteiger partial charge on any atom is 0.341 e. The standard InChI is InChI=1S/C28H35N3O3S2/c1-16-6-9-21-17(12-16)13-18(15-29)25(30-21)35-11-10-23(32)31-26-24(27(33)34-5)20-8-7-19(28(2,3)4)14-22(20)36-26/h13,16,19H,6-12,14H2,1-5H3,(H,31,32). The van der Waals surface area contributed by atoms with Crippen LogP contribution in [0.5, 0.6) is 0 Å². The number of hydrogen-bond acceptors (Lipinski definition) is 7. The number of thioether (sulfide) groups is 1. The predicted molar refractivity (Wildman–Crippen MR) is 145 cm³/mol. The van der Waals surface area contributed by atoms with Crippen molar-refractivity contribution < 1.29 is 14.3 Å². The summed E-state index contributed by atoms with van der Waals surface area (Å²) in [4.78, 5) is 31.4. The number of pyridine rings is 1. The minimum absolute atomic E-state index is 0.149. The highest BCUT2D eigenvalue weighted by atomic mass is 32.2. The fourth-order valence-electron chi connectivity index (χ4n) is 5.18. The first-order valence-electron chi connectivity index (χ1n) is 12.7. The molecule has 0 aromatic carbocycles. The number of carbonyl (C=O) groups excluding carboxylic acids is 2. The maximum absolute atomic E-state index is 12.9. The molecule has 2 aromatic heterocycles. The van der Waals surface area contributed by atoms with E-state index in [1.54, 1.807) is 0 Å². The van der Waals surface area contributed by atoms with E-state index in [1.807, 2.05) is 6.07 Å². The summed E-state index contributed by atoms with van der Waals surface area (Å²) in [5.41, 5.74) is 4.59. The monoisotopic (exact) mass is 525 g/mol. The zero-order valence-corrected chi connectivity index (χ0v) is 23.5. The Balaban J connectivity index is 1.43. The van der Waals surface area contributed by atoms with Crippen molar-refractivity contribution >= 4 is 40.0 Å². The first-order chi connectivity index (χ1) is 17.1. The van der Waals surface area contributed by atoms with Crippen LogP contribution in [-0.2, 0) is 35.2 Å². The van der Waals surface area contributed by atoms with Gasteiger partial charge in [0.25, 0.3) is 0 Å². The zero-order valence-electron chi connectivity index (χ0n) is 21.8. The molecular weight excluding hydrogens is 490 g/mol. The molecule has 0 saturated heterocycles. The van der Waals surface area contributed by atoms with Gasteiger partial charge >= 0.3 is 5.97 Å². The molecule has 1 N–H and O–H groups in total. The van der Waals surface area contributed by atoms with Crippen molar-refractivity contribution in [1.29, 1.82) is 5.26 Å². The van der Waals surface area contributed by atoms with Gasteiger partial charge in [-0.2, -0.15) is 5.26 Å². The van der Waals surface area contributed by atoms with E-state index < -0.39 is 5.97 Å². The topological polar surface area (TPSA) is 92.1 Å². The van der Waals surface area contributed by atoms with Crippen molar-refractivity contribution in [2.24, 2.45) is 17.3 Å². The minimum Gasteiger partial charge on any atom is -0.465 e. The van der Waals surface area contributed by atoms with Crippen LogP contribution in [0.4, 0.5) is 5.00 Å². The highest BCUT2D eigenvalue weighted by Crippen LogP contribution is 2.44. The molecule has 8 heteroatoms. The number of aromatic nitrogens is 1. The molecule has 2 aliphatic rings. The number of ether oxygens (including phenoxy) is 1. The molecule has 1 amide bonds. The highest BCUT2D eigenvalue weighted by molar-refractivity contribution is 7.99. The zero-order chi connectivity index (χ0) is 26.0. The largest absolute Gasteiger partial charge is 0.465 e. The van der Waals surface area contributed by atoms with Gasteiger partial charge in [0.15, 0.2) is 0 Å². The van der Waals surface area contributed by atoms with Crippen LogP contribution in [0.25, 0.3) is 0 Å². The number of hydrogen-bond donors (Lipinski definition) is 1. The van der Waals surface area contributed by atoms with Crippen molar-refractivity contribution in [2.75, 3.05) is 18.2 Å². The Morgan fingerprint density at radius 2 is 2.06 bits per heavy atom. The van der Waals surface area contributed by atoms with E-state index in [0.717, 1.165) is 49.8 Å². The summed E-state index contributed by atoms with van der Waals surface area (Å²) in [6.45, 7) is 9.00. The second kappa shape index (κ2) is 10.9. The SMILES string of the molecule is COC(=O)c1c(NC(=O)CCSc2nc3c(cc2C#N)CC(C)CC3)sc2c1CCC(C(C)(C)C)C2. The summed E-state index contributed by atoms with van der Waals surface area (Å²) >= 11 is 2.96. The van der Waals surface area contributed by atoms with Crippen LogP contribution in [0.15, 0.2) is 11.1 Å². The number of esters is 1. The van der Waals surface area contributed by atoms with Gasteiger partial charge in [-0.1, -0.05) is 27.7 Å². The van der Waals surface area contributed by atoms with Gasteiger partial charge < -0.3 is 10.1 Å². The highest BCUT2D eigenvalue weighted by Gasteiger charge is 2.34. The lowest BCUT2D eigenvalue weighted by atomic mass is 9.72. The molecule has 2 aromatic rings. The van der Waals surface area contributed by atoms with Gasteiger partial charge in [0.1, 0.15) is 16.1 Å². The summed E-state index contributed by atoms with van der Waals surface area (Å²) in [5.74, 6) is 1.12. The fraction of sp³-hybridized carbons (Fsp3) is 0.571. The maximum atomic E-state index is 12.9. The van der Waals surface area contributed by atoms with Crippen LogP contribution in [-0.4, -0.2) is 29.7 Å². The molecule has 36 heavy (non-hydrogen) atoms. The average Bonchev–Trinajstić information content (AvgIpc) is 3.19. The summed E-state index contributed by atoms with van der Waals surface area (Å²) in [5, 5.41) is 13.9. The number of carbonyl (C=O) groups is 2. The molecule has 0 fully saturated rings. The van der Waals surface area contributed by atoms with Gasteiger partial charge in [-0.05, 0) is 73.0 Å². The Morgan fingerprint density at radius 1 is 1.28 bits per heavy atom. The second-order valence-electron chi connectivity index (χ2n) is 11.1. The van der Waals surface area contributed by atoms with Crippen LogP contribution in [0.2, 0.25) is 0 Å². The summed E-state index contributed by atoms with van der Waals surface area (Å²) in [6.07, 6.45) is 6.04. The third-order valence-electron chi connectivity index (χ3n) is 7.42.